The molecule has 25 heavy (non-hydrogen) atoms. The number of fused-ring (bicyclic) bond motifs is 1. The largest absolute Gasteiger partial charge is 0.306 e. The third kappa shape index (κ3) is 2.93. The van der Waals surface area contributed by atoms with E-state index in [1.807, 2.05) is 17.8 Å². The van der Waals surface area contributed by atoms with Gasteiger partial charge in [0.1, 0.15) is 5.82 Å². The predicted molar refractivity (Wildman–Crippen MR) is 96.7 cm³/mol. The van der Waals surface area contributed by atoms with E-state index in [0.29, 0.717) is 5.56 Å². The number of aromatic nitrogens is 3. The molecule has 0 bridgehead atoms. The SMILES string of the molecule is Cc1cnn([C@@H]2CCCc3ccccc32)c1NC(=O)c1cccnc1. The summed E-state index contributed by atoms with van der Waals surface area (Å²) in [6.07, 6.45) is 8.29. The lowest BCUT2D eigenvalue weighted by molar-refractivity contribution is 0.102. The Kier molecular flexibility index (Phi) is 4.06. The van der Waals surface area contributed by atoms with Crippen molar-refractivity contribution >= 4 is 11.7 Å². The summed E-state index contributed by atoms with van der Waals surface area (Å²) in [6.45, 7) is 1.97. The molecule has 2 heterocycles. The van der Waals surface area contributed by atoms with Crippen molar-refractivity contribution in [1.82, 2.24) is 14.8 Å². The number of rotatable bonds is 3. The standard InChI is InChI=1S/C20H20N4O/c1-14-12-22-24(18-10-4-7-15-6-2-3-9-17(15)18)19(14)23-20(25)16-8-5-11-21-13-16/h2-3,5-6,8-9,11-13,18H,4,7,10H2,1H3,(H,23,25)/t18-/m1/s1. The van der Waals surface area contributed by atoms with Crippen LogP contribution >= 0.6 is 0 Å². The molecule has 3 aromatic rings. The summed E-state index contributed by atoms with van der Waals surface area (Å²) < 4.78 is 1.96. The highest BCUT2D eigenvalue weighted by atomic mass is 16.1. The summed E-state index contributed by atoms with van der Waals surface area (Å²) in [5.74, 6) is 0.595. The molecular weight excluding hydrogens is 312 g/mol. The molecule has 0 radical (unpaired) electrons. The molecule has 0 unspecified atom stereocenters. The maximum absolute atomic E-state index is 12.6. The molecule has 126 valence electrons. The Balaban J connectivity index is 1.68. The molecule has 1 N–H and O–H groups in total. The molecule has 0 saturated carbocycles. The number of nitrogens with one attached hydrogen (secondary N) is 1. The minimum atomic E-state index is -0.165. The fourth-order valence-electron chi connectivity index (χ4n) is 3.50. The van der Waals surface area contributed by atoms with Crippen molar-refractivity contribution in [2.75, 3.05) is 5.32 Å². The number of hydrogen-bond donors (Lipinski definition) is 1. The zero-order valence-corrected chi connectivity index (χ0v) is 14.1. The zero-order valence-electron chi connectivity index (χ0n) is 14.1. The monoisotopic (exact) mass is 332 g/mol. The number of hydrogen-bond acceptors (Lipinski definition) is 3. The van der Waals surface area contributed by atoms with Crippen molar-refractivity contribution in [3.8, 4) is 0 Å². The highest BCUT2D eigenvalue weighted by molar-refractivity contribution is 6.03. The fourth-order valence-corrected chi connectivity index (χ4v) is 3.50. The molecule has 1 amide bonds. The maximum atomic E-state index is 12.6. The minimum absolute atomic E-state index is 0.155. The number of pyridine rings is 1. The van der Waals surface area contributed by atoms with Crippen LogP contribution in [0.15, 0.2) is 55.0 Å². The maximum Gasteiger partial charge on any atom is 0.258 e. The highest BCUT2D eigenvalue weighted by Gasteiger charge is 2.25. The lowest BCUT2D eigenvalue weighted by Gasteiger charge is -2.27. The van der Waals surface area contributed by atoms with E-state index in [-0.39, 0.29) is 11.9 Å². The van der Waals surface area contributed by atoms with E-state index in [1.165, 1.54) is 11.1 Å². The summed E-state index contributed by atoms with van der Waals surface area (Å²) in [4.78, 5) is 16.6. The molecule has 2 aromatic heterocycles. The lowest BCUT2D eigenvalue weighted by atomic mass is 9.88. The Morgan fingerprint density at radius 1 is 1.20 bits per heavy atom. The van der Waals surface area contributed by atoms with E-state index >= 15 is 0 Å². The third-order valence-electron chi connectivity index (χ3n) is 4.77. The number of amides is 1. The van der Waals surface area contributed by atoms with Gasteiger partial charge in [-0.2, -0.15) is 5.10 Å². The highest BCUT2D eigenvalue weighted by Crippen LogP contribution is 2.35. The van der Waals surface area contributed by atoms with Gasteiger partial charge in [-0.3, -0.25) is 9.78 Å². The van der Waals surface area contributed by atoms with Crippen molar-refractivity contribution in [1.29, 1.82) is 0 Å². The number of carbonyl (C=O) groups is 1. The average Bonchev–Trinajstić information content (AvgIpc) is 3.02. The van der Waals surface area contributed by atoms with Crippen molar-refractivity contribution in [3.63, 3.8) is 0 Å². The summed E-state index contributed by atoms with van der Waals surface area (Å²) in [6, 6.07) is 12.2. The summed E-state index contributed by atoms with van der Waals surface area (Å²) in [5.41, 5.74) is 4.17. The predicted octanol–water partition coefficient (Wildman–Crippen LogP) is 3.76. The van der Waals surface area contributed by atoms with E-state index < -0.39 is 0 Å². The van der Waals surface area contributed by atoms with Gasteiger partial charge in [-0.05, 0) is 49.4 Å². The van der Waals surface area contributed by atoms with Gasteiger partial charge in [0.25, 0.3) is 5.91 Å². The first-order valence-electron chi connectivity index (χ1n) is 8.57. The normalized spacial score (nSPS) is 16.3. The molecule has 5 heteroatoms. The van der Waals surface area contributed by atoms with Crippen LogP contribution in [0.5, 0.6) is 0 Å². The first-order valence-corrected chi connectivity index (χ1v) is 8.57. The van der Waals surface area contributed by atoms with Gasteiger partial charge < -0.3 is 5.32 Å². The second kappa shape index (κ2) is 6.51. The van der Waals surface area contributed by atoms with Gasteiger partial charge >= 0.3 is 0 Å². The summed E-state index contributed by atoms with van der Waals surface area (Å²) in [7, 11) is 0. The number of anilines is 1. The van der Waals surface area contributed by atoms with Gasteiger partial charge in [-0.1, -0.05) is 24.3 Å². The summed E-state index contributed by atoms with van der Waals surface area (Å²) in [5, 5.41) is 7.60. The number of aryl methyl sites for hydroxylation is 2. The van der Waals surface area contributed by atoms with E-state index in [0.717, 1.165) is 30.6 Å². The molecule has 5 nitrogen and oxygen atoms in total. The van der Waals surface area contributed by atoms with Gasteiger partial charge in [-0.15, -0.1) is 0 Å². The number of benzene rings is 1. The first-order chi connectivity index (χ1) is 12.2. The van der Waals surface area contributed by atoms with Crippen molar-refractivity contribution in [3.05, 3.63) is 77.2 Å². The van der Waals surface area contributed by atoms with E-state index in [2.05, 4.69) is 39.7 Å². The van der Waals surface area contributed by atoms with Crippen LogP contribution < -0.4 is 5.32 Å². The van der Waals surface area contributed by atoms with Gasteiger partial charge in [0.15, 0.2) is 0 Å². The van der Waals surface area contributed by atoms with Gasteiger partial charge in [0.2, 0.25) is 0 Å². The Morgan fingerprint density at radius 2 is 2.08 bits per heavy atom. The Morgan fingerprint density at radius 3 is 2.92 bits per heavy atom. The van der Waals surface area contributed by atoms with Crippen LogP contribution in [0.4, 0.5) is 5.82 Å². The second-order valence-corrected chi connectivity index (χ2v) is 6.42. The molecule has 0 aliphatic heterocycles. The van der Waals surface area contributed by atoms with Gasteiger partial charge in [0.05, 0.1) is 17.8 Å². The molecule has 0 spiro atoms. The average molecular weight is 332 g/mol. The van der Waals surface area contributed by atoms with Crippen LogP contribution in [-0.2, 0) is 6.42 Å². The molecule has 1 aromatic carbocycles. The fraction of sp³-hybridized carbons (Fsp3) is 0.250. The molecule has 4 rings (SSSR count). The van der Waals surface area contributed by atoms with Crippen LogP contribution in [-0.4, -0.2) is 20.7 Å². The Bertz CT molecular complexity index is 901. The van der Waals surface area contributed by atoms with Crippen molar-refractivity contribution in [2.24, 2.45) is 0 Å². The van der Waals surface area contributed by atoms with E-state index in [1.54, 1.807) is 24.5 Å². The van der Waals surface area contributed by atoms with Crippen LogP contribution in [0.3, 0.4) is 0 Å². The molecule has 1 aliphatic rings. The minimum Gasteiger partial charge on any atom is -0.306 e. The Labute approximate surface area is 146 Å². The van der Waals surface area contributed by atoms with Crippen LogP contribution in [0.25, 0.3) is 0 Å². The topological polar surface area (TPSA) is 59.8 Å². The Hall–Kier alpha value is -2.95. The van der Waals surface area contributed by atoms with Crippen LogP contribution in [0, 0.1) is 6.92 Å². The number of nitrogens with zero attached hydrogens (tertiary/aromatic N) is 3. The zero-order chi connectivity index (χ0) is 17.2. The molecule has 1 aliphatic carbocycles. The van der Waals surface area contributed by atoms with Crippen molar-refractivity contribution in [2.45, 2.75) is 32.2 Å². The molecule has 0 saturated heterocycles. The van der Waals surface area contributed by atoms with E-state index in [9.17, 15) is 4.79 Å². The third-order valence-corrected chi connectivity index (χ3v) is 4.77. The van der Waals surface area contributed by atoms with Crippen LogP contribution in [0.1, 0.15) is 45.9 Å². The molecule has 0 fully saturated rings. The van der Waals surface area contributed by atoms with Gasteiger partial charge in [0, 0.05) is 18.0 Å². The van der Waals surface area contributed by atoms with Crippen molar-refractivity contribution < 1.29 is 4.79 Å². The van der Waals surface area contributed by atoms with Gasteiger partial charge in [-0.25, -0.2) is 4.68 Å². The van der Waals surface area contributed by atoms with Crippen LogP contribution in [0.2, 0.25) is 0 Å². The number of carbonyl (C=O) groups excluding carboxylic acids is 1. The quantitative estimate of drug-likeness (QED) is 0.794. The molecular formula is C20H20N4O. The second-order valence-electron chi connectivity index (χ2n) is 6.42. The first kappa shape index (κ1) is 15.6. The summed E-state index contributed by atoms with van der Waals surface area (Å²) >= 11 is 0. The lowest BCUT2D eigenvalue weighted by Crippen LogP contribution is -2.22. The smallest absolute Gasteiger partial charge is 0.258 e. The van der Waals surface area contributed by atoms with E-state index in [4.69, 9.17) is 0 Å². The molecule has 1 atom stereocenters.